The summed E-state index contributed by atoms with van der Waals surface area (Å²) in [4.78, 5) is 15.4. The fourth-order valence-corrected chi connectivity index (χ4v) is 2.42. The molecule has 0 spiro atoms. The maximum atomic E-state index is 11.2. The molecule has 3 aromatic rings. The van der Waals surface area contributed by atoms with Crippen molar-refractivity contribution in [2.24, 2.45) is 0 Å². The van der Waals surface area contributed by atoms with E-state index in [2.05, 4.69) is 29.2 Å². The minimum Gasteiger partial charge on any atom is -0.321 e. The first-order chi connectivity index (χ1) is 10.4. The molecular formula is C18H16N2O. The van der Waals surface area contributed by atoms with E-state index in [-0.39, 0.29) is 0 Å². The zero-order chi connectivity index (χ0) is 14.5. The normalized spacial score (nSPS) is 10.5. The van der Waals surface area contributed by atoms with Crippen LogP contribution in [0.25, 0.3) is 0 Å². The summed E-state index contributed by atoms with van der Waals surface area (Å²) in [6.07, 6.45) is 3.38. The van der Waals surface area contributed by atoms with Crippen molar-refractivity contribution in [2.45, 2.75) is 13.0 Å². The van der Waals surface area contributed by atoms with E-state index in [1.165, 1.54) is 5.56 Å². The van der Waals surface area contributed by atoms with Crippen LogP contribution in [0.3, 0.4) is 0 Å². The highest BCUT2D eigenvalue weighted by Crippen LogP contribution is 2.13. The van der Waals surface area contributed by atoms with Gasteiger partial charge in [0.05, 0.1) is 0 Å². The van der Waals surface area contributed by atoms with Gasteiger partial charge in [0.15, 0.2) is 12.1 Å². The number of aromatic nitrogens is 2. The van der Waals surface area contributed by atoms with E-state index >= 15 is 0 Å². The zero-order valence-corrected chi connectivity index (χ0v) is 11.6. The molecule has 3 nitrogen and oxygen atoms in total. The molecule has 0 atom stereocenters. The molecule has 0 saturated heterocycles. The lowest BCUT2D eigenvalue weighted by molar-refractivity contribution is 0.111. The molecule has 0 saturated carbocycles. The number of hydrogen-bond donors (Lipinski definition) is 0. The molecule has 0 aliphatic heterocycles. The Kier molecular flexibility index (Phi) is 3.92. The first-order valence-electron chi connectivity index (χ1n) is 6.94. The zero-order valence-electron chi connectivity index (χ0n) is 11.6. The van der Waals surface area contributed by atoms with Crippen LogP contribution in [0.2, 0.25) is 0 Å². The summed E-state index contributed by atoms with van der Waals surface area (Å²) in [5.41, 5.74) is 3.42. The Morgan fingerprint density at radius 1 is 0.905 bits per heavy atom. The third-order valence-electron chi connectivity index (χ3n) is 3.49. The van der Waals surface area contributed by atoms with Gasteiger partial charge in [0.1, 0.15) is 0 Å². The lowest BCUT2D eigenvalue weighted by atomic mass is 10.1. The third-order valence-corrected chi connectivity index (χ3v) is 3.49. The molecule has 2 aromatic carbocycles. The van der Waals surface area contributed by atoms with Crippen molar-refractivity contribution in [1.29, 1.82) is 0 Å². The standard InChI is InChI=1S/C18H16N2O/c21-14-18-19-12-17(11-15-7-3-1-4-8-15)20(18)13-16-9-5-2-6-10-16/h1-10,12,14H,11,13H2. The Balaban J connectivity index is 1.91. The molecule has 3 rings (SSSR count). The molecule has 104 valence electrons. The van der Waals surface area contributed by atoms with E-state index in [0.29, 0.717) is 12.4 Å². The van der Waals surface area contributed by atoms with Gasteiger partial charge in [-0.3, -0.25) is 4.79 Å². The van der Waals surface area contributed by atoms with Crippen LogP contribution in [0, 0.1) is 0 Å². The van der Waals surface area contributed by atoms with Gasteiger partial charge >= 0.3 is 0 Å². The van der Waals surface area contributed by atoms with Gasteiger partial charge in [0.2, 0.25) is 0 Å². The molecule has 21 heavy (non-hydrogen) atoms. The molecular weight excluding hydrogens is 260 g/mol. The van der Waals surface area contributed by atoms with E-state index in [1.807, 2.05) is 41.0 Å². The summed E-state index contributed by atoms with van der Waals surface area (Å²) in [5, 5.41) is 0. The molecule has 1 aromatic heterocycles. The lowest BCUT2D eigenvalue weighted by Crippen LogP contribution is -2.08. The van der Waals surface area contributed by atoms with E-state index in [1.54, 1.807) is 6.20 Å². The predicted molar refractivity (Wildman–Crippen MR) is 82.4 cm³/mol. The number of benzene rings is 2. The summed E-state index contributed by atoms with van der Waals surface area (Å²) in [6, 6.07) is 20.3. The highest BCUT2D eigenvalue weighted by molar-refractivity contribution is 5.69. The Morgan fingerprint density at radius 2 is 1.52 bits per heavy atom. The second-order valence-corrected chi connectivity index (χ2v) is 4.96. The molecule has 0 amide bonds. The molecule has 0 bridgehead atoms. The summed E-state index contributed by atoms with van der Waals surface area (Å²) in [7, 11) is 0. The summed E-state index contributed by atoms with van der Waals surface area (Å²) >= 11 is 0. The fraction of sp³-hybridized carbons (Fsp3) is 0.111. The largest absolute Gasteiger partial charge is 0.321 e. The van der Waals surface area contributed by atoms with Crippen LogP contribution in [0.4, 0.5) is 0 Å². The Bertz CT molecular complexity index is 717. The van der Waals surface area contributed by atoms with Gasteiger partial charge < -0.3 is 4.57 Å². The summed E-state index contributed by atoms with van der Waals surface area (Å²) in [6.45, 7) is 0.664. The Morgan fingerprint density at radius 3 is 2.14 bits per heavy atom. The van der Waals surface area contributed by atoms with Crippen molar-refractivity contribution in [3.05, 3.63) is 89.5 Å². The van der Waals surface area contributed by atoms with E-state index in [0.717, 1.165) is 24.0 Å². The molecule has 0 radical (unpaired) electrons. The summed E-state index contributed by atoms with van der Waals surface area (Å²) in [5.74, 6) is 0.477. The number of hydrogen-bond acceptors (Lipinski definition) is 2. The molecule has 1 heterocycles. The van der Waals surface area contributed by atoms with Gasteiger partial charge in [-0.2, -0.15) is 0 Å². The average molecular weight is 276 g/mol. The van der Waals surface area contributed by atoms with E-state index < -0.39 is 0 Å². The minimum absolute atomic E-state index is 0.477. The van der Waals surface area contributed by atoms with Crippen molar-refractivity contribution < 1.29 is 4.79 Å². The van der Waals surface area contributed by atoms with Gasteiger partial charge in [-0.1, -0.05) is 60.7 Å². The fourth-order valence-electron chi connectivity index (χ4n) is 2.42. The number of rotatable bonds is 5. The van der Waals surface area contributed by atoms with Crippen LogP contribution in [0.15, 0.2) is 66.9 Å². The second-order valence-electron chi connectivity index (χ2n) is 4.96. The monoisotopic (exact) mass is 276 g/mol. The van der Waals surface area contributed by atoms with Crippen molar-refractivity contribution >= 4 is 6.29 Å². The highest BCUT2D eigenvalue weighted by Gasteiger charge is 2.10. The molecule has 0 fully saturated rings. The predicted octanol–water partition coefficient (Wildman–Crippen LogP) is 3.33. The first kappa shape index (κ1) is 13.3. The van der Waals surface area contributed by atoms with Crippen molar-refractivity contribution in [2.75, 3.05) is 0 Å². The maximum Gasteiger partial charge on any atom is 0.185 e. The van der Waals surface area contributed by atoms with Crippen LogP contribution in [-0.4, -0.2) is 15.8 Å². The number of carbonyl (C=O) groups is 1. The van der Waals surface area contributed by atoms with Crippen molar-refractivity contribution in [3.63, 3.8) is 0 Å². The third kappa shape index (κ3) is 3.08. The van der Waals surface area contributed by atoms with E-state index in [9.17, 15) is 4.79 Å². The molecule has 0 aliphatic carbocycles. The number of nitrogens with zero attached hydrogens (tertiary/aromatic N) is 2. The number of aldehydes is 1. The first-order valence-corrected chi connectivity index (χ1v) is 6.94. The van der Waals surface area contributed by atoms with Crippen molar-refractivity contribution in [3.8, 4) is 0 Å². The smallest absolute Gasteiger partial charge is 0.185 e. The van der Waals surface area contributed by atoms with Gasteiger partial charge in [-0.15, -0.1) is 0 Å². The molecule has 0 N–H and O–H groups in total. The van der Waals surface area contributed by atoms with Crippen LogP contribution in [0.1, 0.15) is 27.4 Å². The van der Waals surface area contributed by atoms with Crippen molar-refractivity contribution in [1.82, 2.24) is 9.55 Å². The number of carbonyl (C=O) groups excluding carboxylic acids is 1. The maximum absolute atomic E-state index is 11.2. The molecule has 0 unspecified atom stereocenters. The van der Waals surface area contributed by atoms with Crippen LogP contribution < -0.4 is 0 Å². The SMILES string of the molecule is O=Cc1ncc(Cc2ccccc2)n1Cc1ccccc1. The van der Waals surface area contributed by atoms with Gasteiger partial charge in [0, 0.05) is 24.9 Å². The average Bonchev–Trinajstić information content (AvgIpc) is 2.91. The Labute approximate surface area is 123 Å². The van der Waals surface area contributed by atoms with Gasteiger partial charge in [-0.25, -0.2) is 4.98 Å². The topological polar surface area (TPSA) is 34.9 Å². The quantitative estimate of drug-likeness (QED) is 0.670. The van der Waals surface area contributed by atoms with Crippen LogP contribution >= 0.6 is 0 Å². The molecule has 0 aliphatic rings. The molecule has 3 heteroatoms. The van der Waals surface area contributed by atoms with Gasteiger partial charge in [0.25, 0.3) is 0 Å². The highest BCUT2D eigenvalue weighted by atomic mass is 16.1. The summed E-state index contributed by atoms with van der Waals surface area (Å²) < 4.78 is 1.98. The van der Waals surface area contributed by atoms with E-state index in [4.69, 9.17) is 0 Å². The lowest BCUT2D eigenvalue weighted by Gasteiger charge is -2.10. The van der Waals surface area contributed by atoms with Crippen LogP contribution in [0.5, 0.6) is 0 Å². The van der Waals surface area contributed by atoms with Gasteiger partial charge in [-0.05, 0) is 11.1 Å². The Hall–Kier alpha value is -2.68. The van der Waals surface area contributed by atoms with Crippen LogP contribution in [-0.2, 0) is 13.0 Å². The second kappa shape index (κ2) is 6.18. The number of imidazole rings is 1. The minimum atomic E-state index is 0.477.